The largest absolute Gasteiger partial charge is 0.481 e. The number of anilines is 1. The van der Waals surface area contributed by atoms with Gasteiger partial charge in [0.1, 0.15) is 6.07 Å². The van der Waals surface area contributed by atoms with Crippen molar-refractivity contribution in [3.63, 3.8) is 0 Å². The monoisotopic (exact) mass is 310 g/mol. The van der Waals surface area contributed by atoms with E-state index in [0.29, 0.717) is 18.5 Å². The smallest absolute Gasteiger partial charge is 0.306 e. The molecule has 0 aromatic heterocycles. The summed E-state index contributed by atoms with van der Waals surface area (Å²) in [6.45, 7) is 2.36. The van der Waals surface area contributed by atoms with E-state index < -0.39 is 5.97 Å². The van der Waals surface area contributed by atoms with Crippen molar-refractivity contribution in [2.45, 2.75) is 19.8 Å². The summed E-state index contributed by atoms with van der Waals surface area (Å²) < 4.78 is 0.865. The molecule has 4 nitrogen and oxygen atoms in total. The van der Waals surface area contributed by atoms with Gasteiger partial charge in [-0.1, -0.05) is 22.9 Å². The van der Waals surface area contributed by atoms with Gasteiger partial charge in [-0.2, -0.15) is 5.26 Å². The molecule has 0 saturated carbocycles. The highest BCUT2D eigenvalue weighted by molar-refractivity contribution is 9.10. The molecule has 0 saturated heterocycles. The summed E-state index contributed by atoms with van der Waals surface area (Å²) in [4.78, 5) is 10.6. The fraction of sp³-hybridized carbons (Fsp3) is 0.385. The number of aliphatic carboxylic acids is 1. The maximum Gasteiger partial charge on any atom is 0.306 e. The number of nitriles is 1. The van der Waals surface area contributed by atoms with Crippen molar-refractivity contribution in [2.75, 3.05) is 11.9 Å². The van der Waals surface area contributed by atoms with Gasteiger partial charge in [0.2, 0.25) is 0 Å². The topological polar surface area (TPSA) is 73.1 Å². The minimum absolute atomic E-state index is 0.327. The normalized spacial score (nSPS) is 11.6. The van der Waals surface area contributed by atoms with Gasteiger partial charge in [0.25, 0.3) is 0 Å². The van der Waals surface area contributed by atoms with Crippen molar-refractivity contribution in [1.29, 1.82) is 5.26 Å². The summed E-state index contributed by atoms with van der Waals surface area (Å²) >= 11 is 3.31. The molecule has 0 radical (unpaired) electrons. The van der Waals surface area contributed by atoms with Crippen molar-refractivity contribution < 1.29 is 9.90 Å². The van der Waals surface area contributed by atoms with Crippen LogP contribution in [-0.4, -0.2) is 17.6 Å². The number of halogens is 1. The minimum Gasteiger partial charge on any atom is -0.481 e. The quantitative estimate of drug-likeness (QED) is 0.791. The van der Waals surface area contributed by atoms with E-state index in [0.717, 1.165) is 16.6 Å². The molecule has 1 rings (SSSR count). The van der Waals surface area contributed by atoms with E-state index in [-0.39, 0.29) is 5.92 Å². The van der Waals surface area contributed by atoms with Gasteiger partial charge in [-0.3, -0.25) is 4.79 Å². The maximum absolute atomic E-state index is 10.6. The zero-order chi connectivity index (χ0) is 13.5. The van der Waals surface area contributed by atoms with E-state index in [1.807, 2.05) is 12.1 Å². The summed E-state index contributed by atoms with van der Waals surface area (Å²) in [6.07, 6.45) is 1.38. The first-order valence-electron chi connectivity index (χ1n) is 5.71. The fourth-order valence-electron chi connectivity index (χ4n) is 1.52. The molecule has 0 fully saturated rings. The Labute approximate surface area is 115 Å². The van der Waals surface area contributed by atoms with Gasteiger partial charge in [-0.25, -0.2) is 0 Å². The first-order chi connectivity index (χ1) is 8.54. The van der Waals surface area contributed by atoms with Crippen LogP contribution in [-0.2, 0) is 4.79 Å². The highest BCUT2D eigenvalue weighted by Gasteiger charge is 2.09. The van der Waals surface area contributed by atoms with Crippen LogP contribution in [0.1, 0.15) is 25.3 Å². The second-order valence-electron chi connectivity index (χ2n) is 4.11. The molecule has 1 unspecified atom stereocenters. The van der Waals surface area contributed by atoms with Crippen LogP contribution in [0.5, 0.6) is 0 Å². The molecule has 1 aromatic carbocycles. The van der Waals surface area contributed by atoms with Crippen LogP contribution >= 0.6 is 15.9 Å². The Balaban J connectivity index is 2.45. The van der Waals surface area contributed by atoms with E-state index in [2.05, 4.69) is 27.3 Å². The van der Waals surface area contributed by atoms with Crippen LogP contribution in [0.4, 0.5) is 5.69 Å². The molecular formula is C13H15BrN2O2. The predicted molar refractivity (Wildman–Crippen MR) is 73.4 cm³/mol. The van der Waals surface area contributed by atoms with Gasteiger partial charge in [-0.05, 0) is 31.0 Å². The Morgan fingerprint density at radius 2 is 2.33 bits per heavy atom. The maximum atomic E-state index is 10.6. The van der Waals surface area contributed by atoms with Crippen LogP contribution in [0, 0.1) is 17.2 Å². The Morgan fingerprint density at radius 1 is 1.61 bits per heavy atom. The van der Waals surface area contributed by atoms with Crippen LogP contribution in [0.3, 0.4) is 0 Å². The molecule has 1 aromatic rings. The lowest BCUT2D eigenvalue weighted by molar-refractivity contribution is -0.141. The van der Waals surface area contributed by atoms with Crippen molar-refractivity contribution in [3.8, 4) is 6.07 Å². The van der Waals surface area contributed by atoms with Gasteiger partial charge in [-0.15, -0.1) is 0 Å². The zero-order valence-electron chi connectivity index (χ0n) is 10.1. The minimum atomic E-state index is -0.767. The Morgan fingerprint density at radius 3 is 2.94 bits per heavy atom. The van der Waals surface area contributed by atoms with Crippen molar-refractivity contribution in [2.24, 2.45) is 5.92 Å². The van der Waals surface area contributed by atoms with Crippen molar-refractivity contribution in [3.05, 3.63) is 28.2 Å². The van der Waals surface area contributed by atoms with E-state index in [1.54, 1.807) is 13.0 Å². The lowest BCUT2D eigenvalue weighted by Gasteiger charge is -2.09. The van der Waals surface area contributed by atoms with E-state index >= 15 is 0 Å². The third-order valence-corrected chi connectivity index (χ3v) is 3.15. The number of hydrogen-bond acceptors (Lipinski definition) is 3. The summed E-state index contributed by atoms with van der Waals surface area (Å²) in [5, 5.41) is 20.9. The SMILES string of the molecule is CC(CCCNc1ccc(Br)cc1C#N)C(=O)O. The van der Waals surface area contributed by atoms with E-state index in [9.17, 15) is 4.79 Å². The average Bonchev–Trinajstić information content (AvgIpc) is 2.35. The second kappa shape index (κ2) is 7.02. The highest BCUT2D eigenvalue weighted by Crippen LogP contribution is 2.20. The van der Waals surface area contributed by atoms with Crippen LogP contribution in [0.2, 0.25) is 0 Å². The fourth-order valence-corrected chi connectivity index (χ4v) is 1.88. The standard InChI is InChI=1S/C13H15BrN2O2/c1-9(13(17)18)3-2-6-16-12-5-4-11(14)7-10(12)8-15/h4-5,7,9,16H,2-3,6H2,1H3,(H,17,18). The molecule has 5 heteroatoms. The molecule has 18 heavy (non-hydrogen) atoms. The van der Waals surface area contributed by atoms with Gasteiger partial charge >= 0.3 is 5.97 Å². The molecule has 0 heterocycles. The number of nitrogens with one attached hydrogen (secondary N) is 1. The number of carbonyl (C=O) groups is 1. The van der Waals surface area contributed by atoms with Gasteiger partial charge < -0.3 is 10.4 Å². The molecule has 96 valence electrons. The summed E-state index contributed by atoms with van der Waals surface area (Å²) in [5.74, 6) is -1.09. The number of carboxylic acids is 1. The lowest BCUT2D eigenvalue weighted by atomic mass is 10.1. The molecule has 2 N–H and O–H groups in total. The number of rotatable bonds is 6. The number of benzene rings is 1. The van der Waals surface area contributed by atoms with Gasteiger partial charge in [0.05, 0.1) is 17.2 Å². The molecule has 0 spiro atoms. The molecule has 0 aliphatic rings. The first-order valence-corrected chi connectivity index (χ1v) is 6.50. The van der Waals surface area contributed by atoms with Gasteiger partial charge in [0.15, 0.2) is 0 Å². The van der Waals surface area contributed by atoms with Crippen LogP contribution in [0.25, 0.3) is 0 Å². The van der Waals surface area contributed by atoms with Crippen LogP contribution in [0.15, 0.2) is 22.7 Å². The zero-order valence-corrected chi connectivity index (χ0v) is 11.7. The Kier molecular flexibility index (Phi) is 5.66. The molecule has 0 amide bonds. The predicted octanol–water partition coefficient (Wildman–Crippen LogP) is 3.23. The lowest BCUT2D eigenvalue weighted by Crippen LogP contribution is -2.11. The average molecular weight is 311 g/mol. The van der Waals surface area contributed by atoms with Crippen LogP contribution < -0.4 is 5.32 Å². The van der Waals surface area contributed by atoms with Crippen molar-refractivity contribution in [1.82, 2.24) is 0 Å². The second-order valence-corrected chi connectivity index (χ2v) is 5.03. The third-order valence-electron chi connectivity index (χ3n) is 2.65. The Hall–Kier alpha value is -1.54. The molecule has 0 bridgehead atoms. The van der Waals surface area contributed by atoms with E-state index in [1.165, 1.54) is 0 Å². The highest BCUT2D eigenvalue weighted by atomic mass is 79.9. The number of nitrogens with zero attached hydrogens (tertiary/aromatic N) is 1. The summed E-state index contributed by atoms with van der Waals surface area (Å²) in [6, 6.07) is 7.57. The molecule has 0 aliphatic carbocycles. The molecular weight excluding hydrogens is 296 g/mol. The first kappa shape index (κ1) is 14.5. The number of carboxylic acid groups (broad SMARTS) is 1. The van der Waals surface area contributed by atoms with Gasteiger partial charge in [0, 0.05) is 11.0 Å². The number of hydrogen-bond donors (Lipinski definition) is 2. The Bertz CT molecular complexity index is 469. The van der Waals surface area contributed by atoms with E-state index in [4.69, 9.17) is 10.4 Å². The molecule has 0 aliphatic heterocycles. The third kappa shape index (κ3) is 4.38. The summed E-state index contributed by atoms with van der Waals surface area (Å²) in [5.41, 5.74) is 1.36. The molecule has 1 atom stereocenters. The summed E-state index contributed by atoms with van der Waals surface area (Å²) in [7, 11) is 0. The van der Waals surface area contributed by atoms with Crippen molar-refractivity contribution >= 4 is 27.6 Å².